The van der Waals surface area contributed by atoms with Gasteiger partial charge in [-0.2, -0.15) is 0 Å². The fraction of sp³-hybridized carbons (Fsp3) is 0.350. The molecule has 1 fully saturated rings. The van der Waals surface area contributed by atoms with Crippen LogP contribution in [0, 0.1) is 0 Å². The molecule has 1 saturated carbocycles. The molecular formula is C20H21Cl3N2O3S. The van der Waals surface area contributed by atoms with E-state index in [9.17, 15) is 13.2 Å². The van der Waals surface area contributed by atoms with Crippen LogP contribution in [0.4, 0.5) is 0 Å². The van der Waals surface area contributed by atoms with E-state index in [-0.39, 0.29) is 26.5 Å². The molecule has 5 nitrogen and oxygen atoms in total. The minimum atomic E-state index is -3.83. The SMILES string of the molecule is CC(C)(CNC(=O)c1cc(S(=O)(=O)NC2CC2)c(Cl)cc1Cl)c1cccc(Cl)c1. The Hall–Kier alpha value is -1.31. The lowest BCUT2D eigenvalue weighted by Crippen LogP contribution is -2.37. The average molecular weight is 476 g/mol. The molecule has 0 atom stereocenters. The fourth-order valence-electron chi connectivity index (χ4n) is 2.80. The summed E-state index contributed by atoms with van der Waals surface area (Å²) >= 11 is 18.3. The van der Waals surface area contributed by atoms with Crippen LogP contribution in [0.1, 0.15) is 42.6 Å². The lowest BCUT2D eigenvalue weighted by atomic mass is 9.84. The average Bonchev–Trinajstić information content (AvgIpc) is 3.43. The Balaban J connectivity index is 1.81. The summed E-state index contributed by atoms with van der Waals surface area (Å²) in [6.07, 6.45) is 1.58. The van der Waals surface area contributed by atoms with E-state index in [1.54, 1.807) is 6.07 Å². The van der Waals surface area contributed by atoms with Gasteiger partial charge in [0, 0.05) is 23.0 Å². The normalized spacial score (nSPS) is 14.7. The maximum absolute atomic E-state index is 12.8. The van der Waals surface area contributed by atoms with Crippen molar-refractivity contribution < 1.29 is 13.2 Å². The van der Waals surface area contributed by atoms with E-state index in [1.807, 2.05) is 32.0 Å². The van der Waals surface area contributed by atoms with Crippen molar-refractivity contribution in [2.45, 2.75) is 43.0 Å². The molecule has 2 aromatic rings. The summed E-state index contributed by atoms with van der Waals surface area (Å²) in [6, 6.07) is 9.83. The summed E-state index contributed by atoms with van der Waals surface area (Å²) in [5.41, 5.74) is 0.612. The van der Waals surface area contributed by atoms with Crippen molar-refractivity contribution in [3.05, 3.63) is 62.6 Å². The Labute approximate surface area is 185 Å². The lowest BCUT2D eigenvalue weighted by Gasteiger charge is -2.26. The van der Waals surface area contributed by atoms with Crippen LogP contribution in [0.15, 0.2) is 41.3 Å². The third kappa shape index (κ3) is 5.44. The Bertz CT molecular complexity index is 1050. The molecule has 29 heavy (non-hydrogen) atoms. The van der Waals surface area contributed by atoms with Crippen LogP contribution in [0.25, 0.3) is 0 Å². The van der Waals surface area contributed by atoms with Gasteiger partial charge < -0.3 is 5.32 Å². The van der Waals surface area contributed by atoms with Crippen LogP contribution in [0.5, 0.6) is 0 Å². The van der Waals surface area contributed by atoms with E-state index >= 15 is 0 Å². The van der Waals surface area contributed by atoms with E-state index in [2.05, 4.69) is 10.0 Å². The van der Waals surface area contributed by atoms with Crippen LogP contribution >= 0.6 is 34.8 Å². The maximum atomic E-state index is 12.8. The largest absolute Gasteiger partial charge is 0.351 e. The first-order valence-electron chi connectivity index (χ1n) is 9.05. The van der Waals surface area contributed by atoms with Crippen molar-refractivity contribution in [3.63, 3.8) is 0 Å². The first-order valence-corrected chi connectivity index (χ1v) is 11.7. The zero-order valence-electron chi connectivity index (χ0n) is 15.9. The van der Waals surface area contributed by atoms with Crippen LogP contribution < -0.4 is 10.0 Å². The molecule has 0 radical (unpaired) electrons. The standard InChI is InChI=1S/C20H21Cl3N2O3S/c1-20(2,12-4-3-5-13(21)8-12)11-24-19(26)15-9-18(17(23)10-16(15)22)29(27,28)25-14-6-7-14/h3-5,8-10,14,25H,6-7,11H2,1-2H3,(H,24,26). The molecule has 1 aliphatic rings. The number of sulfonamides is 1. The van der Waals surface area contributed by atoms with Gasteiger partial charge in [-0.25, -0.2) is 13.1 Å². The Kier molecular flexibility index (Phi) is 6.51. The summed E-state index contributed by atoms with van der Waals surface area (Å²) in [6.45, 7) is 4.24. The number of amides is 1. The van der Waals surface area contributed by atoms with Crippen molar-refractivity contribution in [2.24, 2.45) is 0 Å². The first-order chi connectivity index (χ1) is 13.5. The number of halogens is 3. The van der Waals surface area contributed by atoms with Crippen molar-refractivity contribution in [1.29, 1.82) is 0 Å². The van der Waals surface area contributed by atoms with Crippen LogP contribution in [0.3, 0.4) is 0 Å². The van der Waals surface area contributed by atoms with Gasteiger partial charge in [-0.1, -0.05) is 60.8 Å². The predicted molar refractivity (Wildman–Crippen MR) is 117 cm³/mol. The number of benzene rings is 2. The molecule has 0 spiro atoms. The highest BCUT2D eigenvalue weighted by Gasteiger charge is 2.30. The molecule has 2 N–H and O–H groups in total. The number of hydrogen-bond donors (Lipinski definition) is 2. The fourth-order valence-corrected chi connectivity index (χ4v) is 5.16. The molecule has 0 heterocycles. The topological polar surface area (TPSA) is 75.3 Å². The van der Waals surface area contributed by atoms with Gasteiger partial charge in [0.05, 0.1) is 15.6 Å². The summed E-state index contributed by atoms with van der Waals surface area (Å²) in [4.78, 5) is 12.6. The zero-order valence-corrected chi connectivity index (χ0v) is 19.0. The number of carbonyl (C=O) groups excluding carboxylic acids is 1. The molecule has 1 aliphatic carbocycles. The minimum absolute atomic E-state index is 0.0287. The first kappa shape index (κ1) is 22.4. The number of nitrogens with one attached hydrogen (secondary N) is 2. The molecular weight excluding hydrogens is 455 g/mol. The highest BCUT2D eigenvalue weighted by molar-refractivity contribution is 7.89. The lowest BCUT2D eigenvalue weighted by molar-refractivity contribution is 0.0945. The third-order valence-corrected chi connectivity index (χ3v) is 7.28. The Morgan fingerprint density at radius 1 is 1.10 bits per heavy atom. The van der Waals surface area contributed by atoms with Gasteiger partial charge in [-0.3, -0.25) is 4.79 Å². The minimum Gasteiger partial charge on any atom is -0.351 e. The molecule has 3 rings (SSSR count). The predicted octanol–water partition coefficient (Wildman–Crippen LogP) is 4.80. The smallest absolute Gasteiger partial charge is 0.252 e. The van der Waals surface area contributed by atoms with Crippen LogP contribution in [0.2, 0.25) is 15.1 Å². The van der Waals surface area contributed by atoms with Gasteiger partial charge in [0.2, 0.25) is 10.0 Å². The second-order valence-corrected chi connectivity index (χ2v) is 10.7. The summed E-state index contributed by atoms with van der Waals surface area (Å²) < 4.78 is 27.6. The number of carbonyl (C=O) groups is 1. The van der Waals surface area contributed by atoms with Gasteiger partial charge in [-0.15, -0.1) is 0 Å². The molecule has 0 bridgehead atoms. The zero-order chi connectivity index (χ0) is 21.4. The molecule has 0 aliphatic heterocycles. The van der Waals surface area contributed by atoms with Gasteiger partial charge in [0.1, 0.15) is 4.90 Å². The Morgan fingerprint density at radius 2 is 1.79 bits per heavy atom. The van der Waals surface area contributed by atoms with Crippen molar-refractivity contribution in [2.75, 3.05) is 6.54 Å². The molecule has 0 unspecified atom stereocenters. The van der Waals surface area contributed by atoms with Crippen LogP contribution in [-0.4, -0.2) is 26.9 Å². The third-order valence-electron chi connectivity index (χ3n) is 4.75. The summed E-state index contributed by atoms with van der Waals surface area (Å²) in [7, 11) is -3.83. The van der Waals surface area contributed by atoms with E-state index in [4.69, 9.17) is 34.8 Å². The van der Waals surface area contributed by atoms with Crippen molar-refractivity contribution in [1.82, 2.24) is 10.0 Å². The van der Waals surface area contributed by atoms with Gasteiger partial charge in [0.25, 0.3) is 5.91 Å². The van der Waals surface area contributed by atoms with E-state index in [0.717, 1.165) is 18.4 Å². The molecule has 9 heteroatoms. The summed E-state index contributed by atoms with van der Waals surface area (Å²) in [5.74, 6) is -0.482. The molecule has 2 aromatic carbocycles. The number of rotatable bonds is 7. The van der Waals surface area contributed by atoms with Crippen LogP contribution in [-0.2, 0) is 15.4 Å². The quantitative estimate of drug-likeness (QED) is 0.604. The molecule has 0 saturated heterocycles. The monoisotopic (exact) mass is 474 g/mol. The van der Waals surface area contributed by atoms with Gasteiger partial charge in [-0.05, 0) is 42.7 Å². The summed E-state index contributed by atoms with van der Waals surface area (Å²) in [5, 5.41) is 3.49. The van der Waals surface area contributed by atoms with Gasteiger partial charge >= 0.3 is 0 Å². The molecule has 0 aromatic heterocycles. The molecule has 1 amide bonds. The number of hydrogen-bond acceptors (Lipinski definition) is 3. The van der Waals surface area contributed by atoms with E-state index < -0.39 is 21.3 Å². The second kappa shape index (κ2) is 8.44. The van der Waals surface area contributed by atoms with Crippen molar-refractivity contribution in [3.8, 4) is 0 Å². The molecule has 156 valence electrons. The highest BCUT2D eigenvalue weighted by atomic mass is 35.5. The van der Waals surface area contributed by atoms with E-state index in [1.165, 1.54) is 12.1 Å². The Morgan fingerprint density at radius 3 is 2.41 bits per heavy atom. The van der Waals surface area contributed by atoms with Crippen molar-refractivity contribution >= 4 is 50.7 Å². The maximum Gasteiger partial charge on any atom is 0.252 e. The highest BCUT2D eigenvalue weighted by Crippen LogP contribution is 2.31. The van der Waals surface area contributed by atoms with E-state index in [0.29, 0.717) is 11.6 Å². The second-order valence-electron chi connectivity index (χ2n) is 7.73. The van der Waals surface area contributed by atoms with Gasteiger partial charge in [0.15, 0.2) is 0 Å².